The average Bonchev–Trinajstić information content (AvgIpc) is 2.78. The zero-order chi connectivity index (χ0) is 22.0. The van der Waals surface area contributed by atoms with Gasteiger partial charge in [-0.1, -0.05) is 12.1 Å². The summed E-state index contributed by atoms with van der Waals surface area (Å²) in [6.45, 7) is 6.07. The first-order chi connectivity index (χ1) is 14.9. The van der Waals surface area contributed by atoms with Crippen molar-refractivity contribution in [1.82, 2.24) is 9.21 Å². The van der Waals surface area contributed by atoms with Gasteiger partial charge in [0, 0.05) is 32.7 Å². The lowest BCUT2D eigenvalue weighted by atomic mass is 9.94. The van der Waals surface area contributed by atoms with Gasteiger partial charge in [-0.25, -0.2) is 8.42 Å². The number of sulfonamides is 1. The molecule has 0 N–H and O–H groups in total. The van der Waals surface area contributed by atoms with Crippen molar-refractivity contribution in [2.24, 2.45) is 5.92 Å². The lowest BCUT2D eigenvalue weighted by Gasteiger charge is -2.36. The first-order valence-corrected chi connectivity index (χ1v) is 12.4. The van der Waals surface area contributed by atoms with E-state index in [1.807, 2.05) is 19.1 Å². The van der Waals surface area contributed by atoms with Crippen LogP contribution in [0.5, 0.6) is 11.5 Å². The zero-order valence-corrected chi connectivity index (χ0v) is 20.7. The molecule has 0 bridgehead atoms. The second kappa shape index (κ2) is 10.4. The zero-order valence-electron chi connectivity index (χ0n) is 19.0. The normalized spacial score (nSPS) is 18.0. The van der Waals surface area contributed by atoms with Gasteiger partial charge in [0.05, 0.1) is 14.2 Å². The Balaban J connectivity index is 0.00000289. The number of halogens is 1. The van der Waals surface area contributed by atoms with E-state index in [9.17, 15) is 8.42 Å². The number of nitrogens with zero attached hydrogens (tertiary/aromatic N) is 2. The molecule has 0 radical (unpaired) electrons. The molecule has 4 rings (SSSR count). The molecule has 0 atom stereocenters. The van der Waals surface area contributed by atoms with Gasteiger partial charge in [-0.05, 0) is 73.1 Å². The van der Waals surface area contributed by atoms with Crippen LogP contribution in [-0.2, 0) is 23.0 Å². The van der Waals surface area contributed by atoms with Crippen molar-refractivity contribution >= 4 is 22.4 Å². The summed E-state index contributed by atoms with van der Waals surface area (Å²) >= 11 is 0. The van der Waals surface area contributed by atoms with Gasteiger partial charge in [-0.3, -0.25) is 4.90 Å². The largest absolute Gasteiger partial charge is 0.497 e. The highest BCUT2D eigenvalue weighted by Gasteiger charge is 2.32. The SMILES string of the molecule is COc1ccc2c(c1)CCN(CC1CCN(S(=O)(=O)c3ccc(C)cc3OC)CC1)C2.Cl. The summed E-state index contributed by atoms with van der Waals surface area (Å²) in [4.78, 5) is 2.77. The van der Waals surface area contributed by atoms with Crippen molar-refractivity contribution in [2.75, 3.05) is 40.4 Å². The van der Waals surface area contributed by atoms with Gasteiger partial charge in [0.25, 0.3) is 0 Å². The van der Waals surface area contributed by atoms with Gasteiger partial charge in [0.1, 0.15) is 16.4 Å². The first kappa shape index (κ1) is 24.8. The van der Waals surface area contributed by atoms with E-state index in [2.05, 4.69) is 17.0 Å². The third-order valence-electron chi connectivity index (χ3n) is 6.53. The smallest absolute Gasteiger partial charge is 0.246 e. The summed E-state index contributed by atoms with van der Waals surface area (Å²) in [5.41, 5.74) is 3.73. The van der Waals surface area contributed by atoms with Crippen LogP contribution >= 0.6 is 12.4 Å². The van der Waals surface area contributed by atoms with E-state index in [1.165, 1.54) is 18.2 Å². The summed E-state index contributed by atoms with van der Waals surface area (Å²) in [6.07, 6.45) is 2.81. The Bertz CT molecular complexity index is 1040. The van der Waals surface area contributed by atoms with Crippen molar-refractivity contribution in [3.8, 4) is 11.5 Å². The number of benzene rings is 2. The summed E-state index contributed by atoms with van der Waals surface area (Å²) < 4.78 is 38.7. The maximum Gasteiger partial charge on any atom is 0.246 e. The van der Waals surface area contributed by atoms with Crippen molar-refractivity contribution in [1.29, 1.82) is 0 Å². The molecule has 32 heavy (non-hydrogen) atoms. The summed E-state index contributed by atoms with van der Waals surface area (Å²) in [5, 5.41) is 0. The predicted molar refractivity (Wildman–Crippen MR) is 128 cm³/mol. The Morgan fingerprint density at radius 3 is 2.41 bits per heavy atom. The van der Waals surface area contributed by atoms with Gasteiger partial charge in [0.15, 0.2) is 0 Å². The first-order valence-electron chi connectivity index (χ1n) is 10.9. The fourth-order valence-electron chi connectivity index (χ4n) is 4.69. The monoisotopic (exact) mass is 480 g/mol. The van der Waals surface area contributed by atoms with Gasteiger partial charge in [0.2, 0.25) is 10.0 Å². The third-order valence-corrected chi connectivity index (χ3v) is 8.47. The predicted octanol–water partition coefficient (Wildman–Crippen LogP) is 3.89. The Kier molecular flexibility index (Phi) is 8.09. The summed E-state index contributed by atoms with van der Waals surface area (Å²) in [5.74, 6) is 1.86. The van der Waals surface area contributed by atoms with E-state index in [-0.39, 0.29) is 17.3 Å². The van der Waals surface area contributed by atoms with Crippen LogP contribution in [0.15, 0.2) is 41.3 Å². The maximum atomic E-state index is 13.2. The molecule has 176 valence electrons. The third kappa shape index (κ3) is 5.22. The van der Waals surface area contributed by atoms with Crippen LogP contribution in [0.2, 0.25) is 0 Å². The molecule has 0 saturated carbocycles. The lowest BCUT2D eigenvalue weighted by molar-refractivity contribution is 0.171. The van der Waals surface area contributed by atoms with Crippen LogP contribution < -0.4 is 9.47 Å². The van der Waals surface area contributed by atoms with Crippen LogP contribution in [-0.4, -0.2) is 58.0 Å². The highest BCUT2D eigenvalue weighted by Crippen LogP contribution is 2.31. The maximum absolute atomic E-state index is 13.2. The minimum atomic E-state index is -3.54. The fourth-order valence-corrected chi connectivity index (χ4v) is 6.30. The standard InChI is InChI=1S/C24H32N2O4S.ClH/c1-18-4-7-24(23(14-18)30-3)31(27,28)26-12-8-19(9-13-26)16-25-11-10-20-15-22(29-2)6-5-21(20)17-25;/h4-7,14-15,19H,8-13,16-17H2,1-3H3;1H. The van der Waals surface area contributed by atoms with Crippen LogP contribution in [0.1, 0.15) is 29.5 Å². The summed E-state index contributed by atoms with van der Waals surface area (Å²) in [7, 11) is -0.314. The molecule has 0 spiro atoms. The molecule has 2 aromatic carbocycles. The van der Waals surface area contributed by atoms with E-state index < -0.39 is 10.0 Å². The molecule has 0 aliphatic carbocycles. The number of rotatable bonds is 6. The van der Waals surface area contributed by atoms with Crippen LogP contribution in [0.4, 0.5) is 0 Å². The number of hydrogen-bond acceptors (Lipinski definition) is 5. The fraction of sp³-hybridized carbons (Fsp3) is 0.500. The van der Waals surface area contributed by atoms with Gasteiger partial charge in [-0.15, -0.1) is 12.4 Å². The molecule has 2 aliphatic heterocycles. The second-order valence-corrected chi connectivity index (χ2v) is 10.5. The molecular formula is C24H33ClN2O4S. The van der Waals surface area contributed by atoms with Gasteiger partial charge >= 0.3 is 0 Å². The molecule has 2 aliphatic rings. The van der Waals surface area contributed by atoms with Crippen LogP contribution in [0.3, 0.4) is 0 Å². The molecule has 6 nitrogen and oxygen atoms in total. The Labute approximate surface area is 198 Å². The number of fused-ring (bicyclic) bond motifs is 1. The average molecular weight is 481 g/mol. The van der Waals surface area contributed by atoms with Gasteiger partial charge in [-0.2, -0.15) is 4.31 Å². The molecule has 0 amide bonds. The molecule has 0 aromatic heterocycles. The van der Waals surface area contributed by atoms with E-state index in [0.717, 1.165) is 50.2 Å². The molecule has 1 saturated heterocycles. The number of aryl methyl sites for hydroxylation is 1. The Hall–Kier alpha value is -1.80. The lowest BCUT2D eigenvalue weighted by Crippen LogP contribution is -2.42. The van der Waals surface area contributed by atoms with Crippen LogP contribution in [0, 0.1) is 12.8 Å². The van der Waals surface area contributed by atoms with Crippen molar-refractivity contribution in [3.05, 3.63) is 53.1 Å². The highest BCUT2D eigenvalue weighted by molar-refractivity contribution is 7.89. The molecular weight excluding hydrogens is 448 g/mol. The molecule has 2 aromatic rings. The Morgan fingerprint density at radius 2 is 1.72 bits per heavy atom. The summed E-state index contributed by atoms with van der Waals surface area (Å²) in [6, 6.07) is 11.6. The quantitative estimate of drug-likeness (QED) is 0.627. The highest BCUT2D eigenvalue weighted by atomic mass is 35.5. The van der Waals surface area contributed by atoms with Crippen molar-refractivity contribution in [2.45, 2.75) is 37.6 Å². The minimum absolute atomic E-state index is 0. The van der Waals surface area contributed by atoms with Crippen molar-refractivity contribution < 1.29 is 17.9 Å². The number of hydrogen-bond donors (Lipinski definition) is 0. The minimum Gasteiger partial charge on any atom is -0.497 e. The molecule has 2 heterocycles. The van der Waals surface area contributed by atoms with E-state index in [4.69, 9.17) is 9.47 Å². The van der Waals surface area contributed by atoms with Gasteiger partial charge < -0.3 is 9.47 Å². The number of ether oxygens (including phenoxy) is 2. The molecule has 0 unspecified atom stereocenters. The second-order valence-electron chi connectivity index (χ2n) is 8.62. The van der Waals surface area contributed by atoms with Crippen LogP contribution in [0.25, 0.3) is 0 Å². The molecule has 8 heteroatoms. The van der Waals surface area contributed by atoms with Crippen molar-refractivity contribution in [3.63, 3.8) is 0 Å². The number of piperidine rings is 1. The molecule has 1 fully saturated rings. The van der Waals surface area contributed by atoms with E-state index in [1.54, 1.807) is 23.5 Å². The topological polar surface area (TPSA) is 59.1 Å². The number of methoxy groups -OCH3 is 2. The Morgan fingerprint density at radius 1 is 0.969 bits per heavy atom. The van der Waals surface area contributed by atoms with E-state index in [0.29, 0.717) is 24.8 Å². The van der Waals surface area contributed by atoms with E-state index >= 15 is 0 Å².